The lowest BCUT2D eigenvalue weighted by Crippen LogP contribution is -2.48. The molecule has 0 saturated heterocycles. The van der Waals surface area contributed by atoms with Crippen LogP contribution in [0, 0.1) is 0 Å². The smallest absolute Gasteiger partial charge is 0.376 e. The Labute approximate surface area is 142 Å². The predicted octanol–water partition coefficient (Wildman–Crippen LogP) is 1.02. The number of nitrogens with zero attached hydrogens (tertiary/aromatic N) is 2. The van der Waals surface area contributed by atoms with E-state index in [0.717, 1.165) is 4.73 Å². The molecule has 0 aliphatic heterocycles. The normalized spacial score (nSPS) is 10.8. The van der Waals surface area contributed by atoms with Gasteiger partial charge < -0.3 is 9.47 Å². The molecule has 124 valence electrons. The third-order valence-electron chi connectivity index (χ3n) is 3.55. The van der Waals surface area contributed by atoms with Crippen molar-refractivity contribution < 1.29 is 33.8 Å². The largest absolute Gasteiger partial charge is 0.490 e. The van der Waals surface area contributed by atoms with Crippen molar-refractivity contribution in [2.45, 2.75) is 0 Å². The summed E-state index contributed by atoms with van der Waals surface area (Å²) in [5.74, 6) is -0.218. The van der Waals surface area contributed by atoms with Crippen LogP contribution in [0.25, 0.3) is 22.1 Å². The number of ether oxygens (including phenoxy) is 2. The number of esters is 1. The highest BCUT2D eigenvalue weighted by atomic mass is 35.5. The van der Waals surface area contributed by atoms with Crippen molar-refractivity contribution >= 4 is 39.6 Å². The second-order valence-corrected chi connectivity index (χ2v) is 5.12. The highest BCUT2D eigenvalue weighted by molar-refractivity contribution is 6.26. The van der Waals surface area contributed by atoms with Gasteiger partial charge in [0, 0.05) is 21.6 Å². The molecular formula is C16H15ClN2O5+2. The third kappa shape index (κ3) is 2.43. The fourth-order valence-electron chi connectivity index (χ4n) is 2.60. The molecule has 8 heteroatoms. The Hall–Kier alpha value is -2.80. The van der Waals surface area contributed by atoms with Crippen LogP contribution in [0.1, 0.15) is 0 Å². The number of rotatable bonds is 4. The summed E-state index contributed by atoms with van der Waals surface area (Å²) >= 11 is 5.51. The summed E-state index contributed by atoms with van der Waals surface area (Å²) in [4.78, 5) is 17.0. The zero-order chi connectivity index (χ0) is 17.3. The number of aromatic nitrogens is 2. The number of halogens is 1. The van der Waals surface area contributed by atoms with Crippen LogP contribution >= 0.6 is 11.6 Å². The van der Waals surface area contributed by atoms with Crippen molar-refractivity contribution in [2.75, 3.05) is 20.1 Å². The summed E-state index contributed by atoms with van der Waals surface area (Å²) < 4.78 is 13.0. The predicted molar refractivity (Wildman–Crippen MR) is 84.4 cm³/mol. The molecule has 0 saturated carbocycles. The average molecular weight is 351 g/mol. The van der Waals surface area contributed by atoms with Gasteiger partial charge in [-0.3, -0.25) is 14.8 Å². The molecule has 0 unspecified atom stereocenters. The van der Waals surface area contributed by atoms with E-state index in [0.29, 0.717) is 27.8 Å². The number of methoxy groups -OCH3 is 1. The van der Waals surface area contributed by atoms with Crippen LogP contribution in [-0.2, 0) is 4.79 Å². The van der Waals surface area contributed by atoms with Crippen molar-refractivity contribution in [2.24, 2.45) is 0 Å². The van der Waals surface area contributed by atoms with Gasteiger partial charge in [0.15, 0.2) is 0 Å². The first-order valence-corrected chi connectivity index (χ1v) is 7.55. The Kier molecular flexibility index (Phi) is 4.26. The van der Waals surface area contributed by atoms with Crippen LogP contribution in [0.3, 0.4) is 0 Å². The van der Waals surface area contributed by atoms with Crippen LogP contribution in [0.15, 0.2) is 36.4 Å². The Morgan fingerprint density at radius 3 is 2.38 bits per heavy atom. The molecule has 3 aromatic rings. The molecule has 0 spiro atoms. The molecule has 24 heavy (non-hydrogen) atoms. The van der Waals surface area contributed by atoms with Gasteiger partial charge in [0.2, 0.25) is 11.5 Å². The average Bonchev–Trinajstić information content (AvgIpc) is 2.62. The first kappa shape index (κ1) is 16.1. The number of hydrogen-bond acceptors (Lipinski definition) is 5. The van der Waals surface area contributed by atoms with E-state index in [4.69, 9.17) is 25.9 Å². The lowest BCUT2D eigenvalue weighted by Gasteiger charge is -2.05. The zero-order valence-electron chi connectivity index (χ0n) is 13.0. The molecule has 0 aliphatic carbocycles. The Balaban J connectivity index is 2.46. The Bertz CT molecular complexity index is 945. The van der Waals surface area contributed by atoms with Gasteiger partial charge in [-0.2, -0.15) is 0 Å². The molecule has 0 bridgehead atoms. The van der Waals surface area contributed by atoms with Crippen LogP contribution in [-0.4, -0.2) is 31.3 Å². The van der Waals surface area contributed by atoms with Crippen molar-refractivity contribution in [3.8, 4) is 11.5 Å². The van der Waals surface area contributed by atoms with Gasteiger partial charge >= 0.3 is 28.0 Å². The van der Waals surface area contributed by atoms with E-state index in [1.165, 1.54) is 19.0 Å². The lowest BCUT2D eigenvalue weighted by molar-refractivity contribution is -0.886. The fraction of sp³-hybridized carbons (Fsp3) is 0.188. The summed E-state index contributed by atoms with van der Waals surface area (Å²) in [5, 5.41) is 10.7. The molecule has 3 rings (SSSR count). The first-order valence-electron chi connectivity index (χ1n) is 7.02. The Morgan fingerprint density at radius 2 is 1.75 bits per heavy atom. The number of fused-ring (bicyclic) bond motifs is 2. The molecule has 1 aromatic heterocycles. The molecule has 1 N–H and O–H groups in total. The van der Waals surface area contributed by atoms with Gasteiger partial charge in [0.25, 0.3) is 0 Å². The van der Waals surface area contributed by atoms with Crippen LogP contribution in [0.4, 0.5) is 0 Å². The molecule has 0 radical (unpaired) electrons. The minimum absolute atomic E-state index is 0.215. The molecule has 0 atom stereocenters. The van der Waals surface area contributed by atoms with Gasteiger partial charge in [-0.05, 0) is 12.1 Å². The van der Waals surface area contributed by atoms with Crippen molar-refractivity contribution in [1.29, 1.82) is 0 Å². The molecule has 1 heterocycles. The van der Waals surface area contributed by atoms with Crippen molar-refractivity contribution in [1.82, 2.24) is 0 Å². The minimum Gasteiger partial charge on any atom is -0.490 e. The quantitative estimate of drug-likeness (QED) is 0.190. The van der Waals surface area contributed by atoms with E-state index in [2.05, 4.69) is 0 Å². The van der Waals surface area contributed by atoms with Crippen LogP contribution in [0.5, 0.6) is 11.5 Å². The van der Waals surface area contributed by atoms with Crippen LogP contribution < -0.4 is 23.8 Å². The fourth-order valence-corrected chi connectivity index (χ4v) is 2.66. The first-order chi connectivity index (χ1) is 11.6. The van der Waals surface area contributed by atoms with E-state index >= 15 is 0 Å². The summed E-state index contributed by atoms with van der Waals surface area (Å²) in [6.45, 7) is 0. The van der Waals surface area contributed by atoms with E-state index < -0.39 is 5.97 Å². The lowest BCUT2D eigenvalue weighted by atomic mass is 10.2. The second-order valence-electron chi connectivity index (χ2n) is 4.85. The number of carbonyl (C=O) groups is 1. The molecule has 2 aromatic carbocycles. The van der Waals surface area contributed by atoms with Gasteiger partial charge in [-0.25, -0.2) is 0 Å². The highest BCUT2D eigenvalue weighted by Gasteiger charge is 2.35. The molecule has 0 amide bonds. The Morgan fingerprint density at radius 1 is 1.08 bits per heavy atom. The van der Waals surface area contributed by atoms with Gasteiger partial charge in [-0.15, -0.1) is 11.6 Å². The molecule has 0 aliphatic rings. The standard InChI is InChI=1S/C16H15ClN2O5/c1-22-12-7-4-6-11-15(12)18(21)10-5-3-8-13(24-14(20)9-17)16(10)19(11)23-2/h3-8,21H,9H2,1-2H3/q+2. The number of carbonyl (C=O) groups excluding carboxylic acids is 1. The maximum atomic E-state index is 11.6. The minimum atomic E-state index is -0.609. The molecular weight excluding hydrogens is 336 g/mol. The van der Waals surface area contributed by atoms with Crippen molar-refractivity contribution in [3.63, 3.8) is 0 Å². The van der Waals surface area contributed by atoms with E-state index in [1.54, 1.807) is 36.4 Å². The number of para-hydroxylation sites is 2. The van der Waals surface area contributed by atoms with E-state index in [9.17, 15) is 10.0 Å². The monoisotopic (exact) mass is 350 g/mol. The van der Waals surface area contributed by atoms with E-state index in [1.807, 2.05) is 0 Å². The number of alkyl halides is 1. The summed E-state index contributed by atoms with van der Waals surface area (Å²) in [6, 6.07) is 10.1. The maximum absolute atomic E-state index is 11.6. The summed E-state index contributed by atoms with van der Waals surface area (Å²) in [6.07, 6.45) is 0. The maximum Gasteiger partial charge on any atom is 0.376 e. The summed E-state index contributed by atoms with van der Waals surface area (Å²) in [7, 11) is 2.98. The SMILES string of the molecule is COc1cccc2c1[n+](O)c1cccc(OC(=O)CCl)c1[n+]2OC. The number of hydrogen-bond donors (Lipinski definition) is 1. The van der Waals surface area contributed by atoms with Crippen LogP contribution in [0.2, 0.25) is 0 Å². The second kappa shape index (κ2) is 6.37. The van der Waals surface area contributed by atoms with E-state index in [-0.39, 0.29) is 11.6 Å². The van der Waals surface area contributed by atoms with Gasteiger partial charge in [0.1, 0.15) is 13.0 Å². The zero-order valence-corrected chi connectivity index (χ0v) is 13.8. The molecule has 0 fully saturated rings. The van der Waals surface area contributed by atoms with Crippen molar-refractivity contribution in [3.05, 3.63) is 36.4 Å². The van der Waals surface area contributed by atoms with Gasteiger partial charge in [0.05, 0.1) is 7.11 Å². The van der Waals surface area contributed by atoms with Gasteiger partial charge in [-0.1, -0.05) is 12.1 Å². The molecule has 7 nitrogen and oxygen atoms in total. The highest BCUT2D eigenvalue weighted by Crippen LogP contribution is 2.26. The third-order valence-corrected chi connectivity index (χ3v) is 3.77. The number of benzene rings is 2. The topological polar surface area (TPSA) is 72.8 Å². The summed E-state index contributed by atoms with van der Waals surface area (Å²) in [5.41, 5.74) is 1.69.